The number of anilines is 3. The van der Waals surface area contributed by atoms with Crippen LogP contribution in [0.2, 0.25) is 0 Å². The van der Waals surface area contributed by atoms with Crippen molar-refractivity contribution in [3.05, 3.63) is 71.0 Å². The summed E-state index contributed by atoms with van der Waals surface area (Å²) in [5.74, 6) is -0.436. The number of hydrogen-bond acceptors (Lipinski definition) is 8. The fraction of sp³-hybridized carbons (Fsp3) is 0.217. The van der Waals surface area contributed by atoms with Crippen LogP contribution < -0.4 is 11.1 Å². The van der Waals surface area contributed by atoms with Crippen molar-refractivity contribution < 1.29 is 18.3 Å². The SMILES string of the molecule is Nc1nc(COC(=O)Cc2coc3cc4c(cc23)CCC4)nc(Nc2ccc(F)cc2)n1. The molecule has 2 heterocycles. The second kappa shape index (κ2) is 8.26. The number of nitrogens with zero attached hydrogens (tertiary/aromatic N) is 3. The highest BCUT2D eigenvalue weighted by atomic mass is 19.1. The lowest BCUT2D eigenvalue weighted by Crippen LogP contribution is -2.12. The predicted octanol–water partition coefficient (Wildman–Crippen LogP) is 3.86. The number of halogens is 1. The highest BCUT2D eigenvalue weighted by Gasteiger charge is 2.17. The molecular weight excluding hydrogens is 413 g/mol. The van der Waals surface area contributed by atoms with Gasteiger partial charge in [-0.1, -0.05) is 0 Å². The second-order valence-corrected chi connectivity index (χ2v) is 7.63. The van der Waals surface area contributed by atoms with Crippen LogP contribution in [0.15, 0.2) is 47.1 Å². The molecule has 4 aromatic rings. The molecule has 0 amide bonds. The first-order valence-electron chi connectivity index (χ1n) is 10.2. The molecule has 0 saturated carbocycles. The number of esters is 1. The average Bonchev–Trinajstić information content (AvgIpc) is 3.38. The number of fused-ring (bicyclic) bond motifs is 2. The maximum Gasteiger partial charge on any atom is 0.310 e. The summed E-state index contributed by atoms with van der Waals surface area (Å²) in [5, 5.41) is 3.86. The molecule has 1 aliphatic carbocycles. The molecule has 0 spiro atoms. The first-order valence-corrected chi connectivity index (χ1v) is 10.2. The molecule has 2 aromatic carbocycles. The van der Waals surface area contributed by atoms with E-state index in [0.29, 0.717) is 5.69 Å². The van der Waals surface area contributed by atoms with Crippen LogP contribution in [0.3, 0.4) is 0 Å². The van der Waals surface area contributed by atoms with Gasteiger partial charge in [-0.05, 0) is 66.8 Å². The van der Waals surface area contributed by atoms with Crippen LogP contribution in [0.5, 0.6) is 0 Å². The van der Waals surface area contributed by atoms with Gasteiger partial charge in [0.2, 0.25) is 11.9 Å². The molecule has 2 aromatic heterocycles. The molecule has 5 rings (SSSR count). The van der Waals surface area contributed by atoms with E-state index >= 15 is 0 Å². The average molecular weight is 433 g/mol. The number of aromatic nitrogens is 3. The van der Waals surface area contributed by atoms with Crippen LogP contribution in [0.25, 0.3) is 11.0 Å². The van der Waals surface area contributed by atoms with Gasteiger partial charge in [0.1, 0.15) is 11.4 Å². The molecule has 0 fully saturated rings. The fourth-order valence-corrected chi connectivity index (χ4v) is 3.86. The van der Waals surface area contributed by atoms with E-state index in [9.17, 15) is 9.18 Å². The maximum absolute atomic E-state index is 13.1. The lowest BCUT2D eigenvalue weighted by atomic mass is 10.0. The number of rotatable bonds is 6. The molecule has 1 aliphatic rings. The minimum absolute atomic E-state index is 0.0228. The molecule has 162 valence electrons. The Kier molecular flexibility index (Phi) is 5.14. The van der Waals surface area contributed by atoms with Crippen LogP contribution >= 0.6 is 0 Å². The van der Waals surface area contributed by atoms with Crippen LogP contribution in [-0.4, -0.2) is 20.9 Å². The summed E-state index contributed by atoms with van der Waals surface area (Å²) >= 11 is 0. The molecule has 9 heteroatoms. The normalized spacial score (nSPS) is 12.7. The van der Waals surface area contributed by atoms with Gasteiger partial charge in [0.25, 0.3) is 0 Å². The van der Waals surface area contributed by atoms with Gasteiger partial charge < -0.3 is 20.2 Å². The Morgan fingerprint density at radius 1 is 1.12 bits per heavy atom. The number of furan rings is 1. The second-order valence-electron chi connectivity index (χ2n) is 7.63. The zero-order valence-corrected chi connectivity index (χ0v) is 17.1. The quantitative estimate of drug-likeness (QED) is 0.441. The van der Waals surface area contributed by atoms with E-state index in [1.54, 1.807) is 18.4 Å². The Labute approximate surface area is 182 Å². The van der Waals surface area contributed by atoms with Crippen molar-refractivity contribution in [3.8, 4) is 0 Å². The lowest BCUT2D eigenvalue weighted by Gasteiger charge is -2.08. The summed E-state index contributed by atoms with van der Waals surface area (Å²) in [7, 11) is 0. The number of nitrogen functional groups attached to an aromatic ring is 1. The molecule has 0 saturated heterocycles. The molecule has 0 atom stereocenters. The Morgan fingerprint density at radius 2 is 1.91 bits per heavy atom. The molecule has 0 radical (unpaired) electrons. The zero-order chi connectivity index (χ0) is 22.1. The highest BCUT2D eigenvalue weighted by molar-refractivity contribution is 5.87. The number of nitrogens with two attached hydrogens (primary N) is 1. The smallest absolute Gasteiger partial charge is 0.310 e. The summed E-state index contributed by atoms with van der Waals surface area (Å²) in [6.45, 7) is -0.158. The molecule has 8 nitrogen and oxygen atoms in total. The summed E-state index contributed by atoms with van der Waals surface area (Å²) in [4.78, 5) is 24.7. The van der Waals surface area contributed by atoms with E-state index in [1.165, 1.54) is 23.3 Å². The van der Waals surface area contributed by atoms with Gasteiger partial charge >= 0.3 is 5.97 Å². The van der Waals surface area contributed by atoms with Crippen molar-refractivity contribution >= 4 is 34.5 Å². The van der Waals surface area contributed by atoms with Crippen molar-refractivity contribution in [2.45, 2.75) is 32.3 Å². The van der Waals surface area contributed by atoms with Gasteiger partial charge in [0, 0.05) is 16.6 Å². The topological polar surface area (TPSA) is 116 Å². The van der Waals surface area contributed by atoms with E-state index in [2.05, 4.69) is 32.4 Å². The van der Waals surface area contributed by atoms with Gasteiger partial charge in [-0.3, -0.25) is 4.79 Å². The van der Waals surface area contributed by atoms with Crippen LogP contribution in [0, 0.1) is 5.82 Å². The molecule has 0 unspecified atom stereocenters. The van der Waals surface area contributed by atoms with Crippen molar-refractivity contribution in [2.24, 2.45) is 0 Å². The summed E-state index contributed by atoms with van der Waals surface area (Å²) in [5.41, 5.74) is 10.5. The molecule has 32 heavy (non-hydrogen) atoms. The van der Waals surface area contributed by atoms with Crippen LogP contribution in [-0.2, 0) is 35.4 Å². The number of carbonyl (C=O) groups is 1. The van der Waals surface area contributed by atoms with Gasteiger partial charge in [-0.25, -0.2) is 4.39 Å². The predicted molar refractivity (Wildman–Crippen MR) is 116 cm³/mol. The maximum atomic E-state index is 13.1. The van der Waals surface area contributed by atoms with Gasteiger partial charge in [-0.2, -0.15) is 15.0 Å². The summed E-state index contributed by atoms with van der Waals surface area (Å²) in [6.07, 6.45) is 4.94. The third-order valence-corrected chi connectivity index (χ3v) is 5.36. The van der Waals surface area contributed by atoms with Gasteiger partial charge in [0.05, 0.1) is 12.7 Å². The van der Waals surface area contributed by atoms with E-state index in [-0.39, 0.29) is 36.6 Å². The van der Waals surface area contributed by atoms with E-state index in [4.69, 9.17) is 14.9 Å². The lowest BCUT2D eigenvalue weighted by molar-refractivity contribution is -0.144. The van der Waals surface area contributed by atoms with Gasteiger partial charge in [-0.15, -0.1) is 0 Å². The number of benzene rings is 2. The standard InChI is InChI=1S/C23H20FN5O3/c24-16-4-6-17(7-5-16)26-23-28-20(27-22(25)29-23)12-32-21(30)10-15-11-31-19-9-14-3-1-2-13(14)8-18(15)19/h4-9,11H,1-3,10,12H2,(H3,25,26,27,28,29). The third-order valence-electron chi connectivity index (χ3n) is 5.36. The summed E-state index contributed by atoms with van der Waals surface area (Å²) in [6, 6.07) is 9.88. The Hall–Kier alpha value is -4.01. The number of ether oxygens (including phenoxy) is 1. The Balaban J connectivity index is 1.24. The van der Waals surface area contributed by atoms with E-state index < -0.39 is 5.97 Å². The molecule has 0 aliphatic heterocycles. The summed E-state index contributed by atoms with van der Waals surface area (Å²) < 4.78 is 24.1. The van der Waals surface area contributed by atoms with E-state index in [1.807, 2.05) is 0 Å². The number of carbonyl (C=O) groups excluding carboxylic acids is 1. The zero-order valence-electron chi connectivity index (χ0n) is 17.1. The molecular formula is C23H20FN5O3. The third kappa shape index (κ3) is 4.22. The van der Waals surface area contributed by atoms with E-state index in [0.717, 1.165) is 35.8 Å². The van der Waals surface area contributed by atoms with Gasteiger partial charge in [0.15, 0.2) is 12.4 Å². The van der Waals surface area contributed by atoms with Crippen LogP contribution in [0.1, 0.15) is 28.9 Å². The minimum atomic E-state index is -0.430. The Bertz CT molecular complexity index is 1300. The first-order chi connectivity index (χ1) is 15.5. The number of aryl methyl sites for hydroxylation is 2. The minimum Gasteiger partial charge on any atom is -0.464 e. The monoisotopic (exact) mass is 433 g/mol. The fourth-order valence-electron chi connectivity index (χ4n) is 3.86. The molecule has 0 bridgehead atoms. The van der Waals surface area contributed by atoms with Crippen molar-refractivity contribution in [2.75, 3.05) is 11.1 Å². The highest BCUT2D eigenvalue weighted by Crippen LogP contribution is 2.30. The number of hydrogen-bond donors (Lipinski definition) is 2. The van der Waals surface area contributed by atoms with Crippen molar-refractivity contribution in [3.63, 3.8) is 0 Å². The largest absolute Gasteiger partial charge is 0.464 e. The van der Waals surface area contributed by atoms with Crippen molar-refractivity contribution in [1.29, 1.82) is 0 Å². The van der Waals surface area contributed by atoms with Crippen molar-refractivity contribution in [1.82, 2.24) is 15.0 Å². The first kappa shape index (κ1) is 19.9. The Morgan fingerprint density at radius 3 is 2.72 bits per heavy atom. The number of nitrogens with one attached hydrogen (secondary N) is 1. The molecule has 3 N–H and O–H groups in total. The van der Waals surface area contributed by atoms with Crippen LogP contribution in [0.4, 0.5) is 22.0 Å².